The number of nitrogens with two attached hydrogens (primary N) is 1. The maximum Gasteiger partial charge on any atom is 0.175 e. The summed E-state index contributed by atoms with van der Waals surface area (Å²) >= 11 is 0. The third-order valence-electron chi connectivity index (χ3n) is 3.64. The second-order valence-electron chi connectivity index (χ2n) is 4.73. The monoisotopic (exact) mass is 248 g/mol. The lowest BCUT2D eigenvalue weighted by Crippen LogP contribution is -2.17. The summed E-state index contributed by atoms with van der Waals surface area (Å²) in [5, 5.41) is 12.4. The molecule has 0 fully saturated rings. The Labute approximate surface area is 107 Å². The summed E-state index contributed by atoms with van der Waals surface area (Å²) in [4.78, 5) is 0. The summed E-state index contributed by atoms with van der Waals surface area (Å²) in [6.07, 6.45) is 2.84. The van der Waals surface area contributed by atoms with Crippen LogP contribution in [-0.2, 0) is 7.05 Å². The number of anilines is 1. The van der Waals surface area contributed by atoms with Crippen LogP contribution in [0.3, 0.4) is 0 Å². The van der Waals surface area contributed by atoms with Crippen LogP contribution < -0.4 is 5.73 Å². The molecule has 0 aromatic carbocycles. The van der Waals surface area contributed by atoms with Crippen molar-refractivity contribution >= 4 is 5.82 Å². The van der Waals surface area contributed by atoms with Crippen LogP contribution in [0, 0.1) is 5.92 Å². The maximum absolute atomic E-state index is 5.95. The first kappa shape index (κ1) is 12.6. The largest absolute Gasteiger partial charge is 0.380 e. The number of nitrogens with zero attached hydrogens (tertiary/aromatic N) is 5. The minimum absolute atomic E-state index is 0.254. The third-order valence-corrected chi connectivity index (χ3v) is 3.64. The standard InChI is InChI=1S/C12H20N6/c1-5-8(2)9(3)18-11(12(13)15-16-18)10-6-7-14-17(10)4/h6-9H,5,13H2,1-4H3. The molecule has 0 bridgehead atoms. The van der Waals surface area contributed by atoms with E-state index in [4.69, 9.17) is 5.73 Å². The summed E-state index contributed by atoms with van der Waals surface area (Å²) in [7, 11) is 1.89. The summed E-state index contributed by atoms with van der Waals surface area (Å²) in [6, 6.07) is 2.18. The average molecular weight is 248 g/mol. The van der Waals surface area contributed by atoms with E-state index in [1.807, 2.05) is 17.8 Å². The first-order valence-electron chi connectivity index (χ1n) is 6.25. The third kappa shape index (κ3) is 1.98. The van der Waals surface area contributed by atoms with E-state index in [0.29, 0.717) is 11.7 Å². The van der Waals surface area contributed by atoms with Gasteiger partial charge in [-0.3, -0.25) is 4.68 Å². The molecule has 6 nitrogen and oxygen atoms in total. The van der Waals surface area contributed by atoms with Gasteiger partial charge in [0, 0.05) is 13.2 Å². The maximum atomic E-state index is 5.95. The number of nitrogen functional groups attached to an aromatic ring is 1. The normalized spacial score (nSPS) is 14.7. The van der Waals surface area contributed by atoms with Crippen LogP contribution in [0.15, 0.2) is 12.3 Å². The average Bonchev–Trinajstić information content (AvgIpc) is 2.93. The van der Waals surface area contributed by atoms with Gasteiger partial charge in [0.05, 0.1) is 11.7 Å². The predicted octanol–water partition coefficient (Wildman–Crippen LogP) is 1.87. The van der Waals surface area contributed by atoms with Gasteiger partial charge in [-0.15, -0.1) is 5.10 Å². The van der Waals surface area contributed by atoms with Gasteiger partial charge in [-0.1, -0.05) is 25.5 Å². The molecule has 0 saturated carbocycles. The lowest BCUT2D eigenvalue weighted by molar-refractivity contribution is 0.340. The molecule has 2 heterocycles. The van der Waals surface area contributed by atoms with Crippen LogP contribution in [0.1, 0.15) is 33.2 Å². The Morgan fingerprint density at radius 3 is 2.67 bits per heavy atom. The summed E-state index contributed by atoms with van der Waals surface area (Å²) in [5.41, 5.74) is 7.73. The molecule has 2 aromatic heterocycles. The summed E-state index contributed by atoms with van der Waals surface area (Å²) < 4.78 is 3.69. The van der Waals surface area contributed by atoms with E-state index in [1.54, 1.807) is 10.9 Å². The van der Waals surface area contributed by atoms with Crippen LogP contribution in [0.25, 0.3) is 11.4 Å². The molecule has 2 rings (SSSR count). The molecule has 2 unspecified atom stereocenters. The molecular formula is C12H20N6. The van der Waals surface area contributed by atoms with Gasteiger partial charge in [0.25, 0.3) is 0 Å². The quantitative estimate of drug-likeness (QED) is 0.896. The zero-order valence-corrected chi connectivity index (χ0v) is 11.3. The van der Waals surface area contributed by atoms with E-state index in [-0.39, 0.29) is 6.04 Å². The second kappa shape index (κ2) is 4.80. The molecular weight excluding hydrogens is 228 g/mol. The van der Waals surface area contributed by atoms with Crippen molar-refractivity contribution in [1.29, 1.82) is 0 Å². The van der Waals surface area contributed by atoms with E-state index < -0.39 is 0 Å². The van der Waals surface area contributed by atoms with Gasteiger partial charge >= 0.3 is 0 Å². The Morgan fingerprint density at radius 1 is 1.39 bits per heavy atom. The van der Waals surface area contributed by atoms with Crippen molar-refractivity contribution in [3.8, 4) is 11.4 Å². The molecule has 6 heteroatoms. The molecule has 0 radical (unpaired) electrons. The molecule has 18 heavy (non-hydrogen) atoms. The molecule has 0 spiro atoms. The Kier molecular flexibility index (Phi) is 3.36. The van der Waals surface area contributed by atoms with Crippen molar-refractivity contribution in [1.82, 2.24) is 24.8 Å². The highest BCUT2D eigenvalue weighted by Gasteiger charge is 2.22. The van der Waals surface area contributed by atoms with Crippen molar-refractivity contribution in [3.05, 3.63) is 12.3 Å². The van der Waals surface area contributed by atoms with Gasteiger partial charge < -0.3 is 5.73 Å². The number of rotatable bonds is 4. The Morgan fingerprint density at radius 2 is 2.11 bits per heavy atom. The molecule has 2 N–H and O–H groups in total. The number of aryl methyl sites for hydroxylation is 1. The van der Waals surface area contributed by atoms with Gasteiger partial charge in [-0.05, 0) is 18.9 Å². The minimum Gasteiger partial charge on any atom is -0.380 e. The van der Waals surface area contributed by atoms with Crippen molar-refractivity contribution in [2.75, 3.05) is 5.73 Å². The van der Waals surface area contributed by atoms with E-state index in [1.165, 1.54) is 0 Å². The van der Waals surface area contributed by atoms with Gasteiger partial charge in [0.15, 0.2) is 5.82 Å². The van der Waals surface area contributed by atoms with Crippen LogP contribution in [-0.4, -0.2) is 24.8 Å². The fourth-order valence-corrected chi connectivity index (χ4v) is 2.03. The number of hydrogen-bond donors (Lipinski definition) is 1. The molecule has 0 aliphatic heterocycles. The van der Waals surface area contributed by atoms with Crippen LogP contribution in [0.5, 0.6) is 0 Å². The van der Waals surface area contributed by atoms with Gasteiger partial charge in [0.2, 0.25) is 0 Å². The van der Waals surface area contributed by atoms with E-state index in [9.17, 15) is 0 Å². The smallest absolute Gasteiger partial charge is 0.175 e. The molecule has 2 atom stereocenters. The van der Waals surface area contributed by atoms with Gasteiger partial charge in [0.1, 0.15) is 5.69 Å². The first-order chi connectivity index (χ1) is 8.56. The highest BCUT2D eigenvalue weighted by atomic mass is 15.5. The Hall–Kier alpha value is -1.85. The van der Waals surface area contributed by atoms with Gasteiger partial charge in [-0.25, -0.2) is 4.68 Å². The topological polar surface area (TPSA) is 74.6 Å². The van der Waals surface area contributed by atoms with Crippen LogP contribution in [0.2, 0.25) is 0 Å². The van der Waals surface area contributed by atoms with Crippen LogP contribution >= 0.6 is 0 Å². The van der Waals surface area contributed by atoms with Crippen molar-refractivity contribution in [2.45, 2.75) is 33.2 Å². The minimum atomic E-state index is 0.254. The highest BCUT2D eigenvalue weighted by Crippen LogP contribution is 2.29. The Bertz CT molecular complexity index is 526. The lowest BCUT2D eigenvalue weighted by Gasteiger charge is -2.20. The summed E-state index contributed by atoms with van der Waals surface area (Å²) in [5.74, 6) is 0.965. The van der Waals surface area contributed by atoms with E-state index >= 15 is 0 Å². The zero-order valence-electron chi connectivity index (χ0n) is 11.3. The predicted molar refractivity (Wildman–Crippen MR) is 70.8 cm³/mol. The first-order valence-corrected chi connectivity index (χ1v) is 6.25. The van der Waals surface area contributed by atoms with Crippen molar-refractivity contribution < 1.29 is 0 Å². The van der Waals surface area contributed by atoms with E-state index in [2.05, 4.69) is 36.2 Å². The fourth-order valence-electron chi connectivity index (χ4n) is 2.03. The SMILES string of the molecule is CCC(C)C(C)n1nnc(N)c1-c1ccnn1C. The van der Waals surface area contributed by atoms with E-state index in [0.717, 1.165) is 17.8 Å². The highest BCUT2D eigenvalue weighted by molar-refractivity contribution is 5.66. The van der Waals surface area contributed by atoms with Crippen LogP contribution in [0.4, 0.5) is 5.82 Å². The van der Waals surface area contributed by atoms with Gasteiger partial charge in [-0.2, -0.15) is 5.10 Å². The van der Waals surface area contributed by atoms with Crippen molar-refractivity contribution in [2.24, 2.45) is 13.0 Å². The van der Waals surface area contributed by atoms with Crippen molar-refractivity contribution in [3.63, 3.8) is 0 Å². The molecule has 0 aliphatic rings. The number of hydrogen-bond acceptors (Lipinski definition) is 4. The second-order valence-corrected chi connectivity index (χ2v) is 4.73. The lowest BCUT2D eigenvalue weighted by atomic mass is 10.0. The molecule has 0 saturated heterocycles. The molecule has 98 valence electrons. The fraction of sp³-hybridized carbons (Fsp3) is 0.583. The summed E-state index contributed by atoms with van der Waals surface area (Å²) in [6.45, 7) is 6.52. The molecule has 0 aliphatic carbocycles. The molecule has 2 aromatic rings. The number of aromatic nitrogens is 5. The molecule has 0 amide bonds. The Balaban J connectivity index is 2.49. The zero-order chi connectivity index (χ0) is 13.3.